The van der Waals surface area contributed by atoms with Crippen LogP contribution in [-0.2, 0) is 4.74 Å². The van der Waals surface area contributed by atoms with Crippen LogP contribution >= 0.6 is 0 Å². The lowest BCUT2D eigenvalue weighted by Gasteiger charge is -2.40. The van der Waals surface area contributed by atoms with Gasteiger partial charge in [-0.05, 0) is 48.5 Å². The standard InChI is InChI=1S/C16H33N3O2/c1-12(2)19(13(3)4)9-8-17-14-10-18(11-14)15(20)21-16(5,6)7/h12-14,17H,8-11H2,1-7H3. The van der Waals surface area contributed by atoms with Gasteiger partial charge in [-0.25, -0.2) is 4.79 Å². The molecule has 21 heavy (non-hydrogen) atoms. The first-order valence-corrected chi connectivity index (χ1v) is 8.07. The van der Waals surface area contributed by atoms with Crippen molar-refractivity contribution in [2.24, 2.45) is 0 Å². The maximum Gasteiger partial charge on any atom is 0.410 e. The van der Waals surface area contributed by atoms with Gasteiger partial charge in [0.25, 0.3) is 0 Å². The molecule has 0 aromatic rings. The molecule has 5 heteroatoms. The topological polar surface area (TPSA) is 44.8 Å². The van der Waals surface area contributed by atoms with Gasteiger partial charge in [-0.15, -0.1) is 0 Å². The Morgan fingerprint density at radius 1 is 1.24 bits per heavy atom. The van der Waals surface area contributed by atoms with Crippen LogP contribution in [0.25, 0.3) is 0 Å². The van der Waals surface area contributed by atoms with Crippen LogP contribution in [0.15, 0.2) is 0 Å². The smallest absolute Gasteiger partial charge is 0.410 e. The fraction of sp³-hybridized carbons (Fsp3) is 0.938. The van der Waals surface area contributed by atoms with Gasteiger partial charge in [0.1, 0.15) is 5.60 Å². The molecule has 0 aromatic heterocycles. The molecular formula is C16H33N3O2. The third-order valence-corrected chi connectivity index (χ3v) is 3.66. The van der Waals surface area contributed by atoms with Crippen LogP contribution in [0.5, 0.6) is 0 Å². The van der Waals surface area contributed by atoms with E-state index in [1.165, 1.54) is 0 Å². The minimum absolute atomic E-state index is 0.202. The number of hydrogen-bond donors (Lipinski definition) is 1. The van der Waals surface area contributed by atoms with E-state index in [4.69, 9.17) is 4.74 Å². The zero-order chi connectivity index (χ0) is 16.2. The van der Waals surface area contributed by atoms with E-state index in [0.717, 1.165) is 26.2 Å². The lowest BCUT2D eigenvalue weighted by molar-refractivity contribution is 0.00503. The minimum Gasteiger partial charge on any atom is -0.444 e. The summed E-state index contributed by atoms with van der Waals surface area (Å²) in [7, 11) is 0. The van der Waals surface area contributed by atoms with Crippen molar-refractivity contribution >= 4 is 6.09 Å². The highest BCUT2D eigenvalue weighted by molar-refractivity contribution is 5.69. The zero-order valence-electron chi connectivity index (χ0n) is 14.8. The van der Waals surface area contributed by atoms with E-state index in [1.54, 1.807) is 4.90 Å². The maximum absolute atomic E-state index is 11.8. The maximum atomic E-state index is 11.8. The van der Waals surface area contributed by atoms with Gasteiger partial charge in [0, 0.05) is 44.3 Å². The molecule has 1 saturated heterocycles. The Labute approximate surface area is 130 Å². The molecule has 1 heterocycles. The number of likely N-dealkylation sites (tertiary alicyclic amines) is 1. The van der Waals surface area contributed by atoms with Crippen molar-refractivity contribution in [3.8, 4) is 0 Å². The number of nitrogens with one attached hydrogen (secondary N) is 1. The molecule has 0 saturated carbocycles. The molecule has 0 aliphatic carbocycles. The normalized spacial score (nSPS) is 16.8. The van der Waals surface area contributed by atoms with Gasteiger partial charge in [-0.2, -0.15) is 0 Å². The number of hydrogen-bond acceptors (Lipinski definition) is 4. The van der Waals surface area contributed by atoms with Crippen LogP contribution in [0.4, 0.5) is 4.79 Å². The fourth-order valence-electron chi connectivity index (χ4n) is 2.59. The number of amides is 1. The second kappa shape index (κ2) is 7.45. The Morgan fingerprint density at radius 2 is 1.76 bits per heavy atom. The SMILES string of the molecule is CC(C)N(CCNC1CN(C(=O)OC(C)(C)C)C1)C(C)C. The molecule has 0 spiro atoms. The van der Waals surface area contributed by atoms with E-state index in [2.05, 4.69) is 37.9 Å². The summed E-state index contributed by atoms with van der Waals surface area (Å²) in [4.78, 5) is 16.0. The number of ether oxygens (including phenoxy) is 1. The number of carbonyl (C=O) groups is 1. The molecule has 1 rings (SSSR count). The van der Waals surface area contributed by atoms with Crippen molar-refractivity contribution in [2.75, 3.05) is 26.2 Å². The molecule has 1 amide bonds. The third-order valence-electron chi connectivity index (χ3n) is 3.66. The van der Waals surface area contributed by atoms with Crippen LogP contribution in [0.2, 0.25) is 0 Å². The van der Waals surface area contributed by atoms with Crippen LogP contribution < -0.4 is 5.32 Å². The molecule has 0 aromatic carbocycles. The molecule has 1 fully saturated rings. The largest absolute Gasteiger partial charge is 0.444 e. The lowest BCUT2D eigenvalue weighted by atomic mass is 10.1. The van der Waals surface area contributed by atoms with Crippen LogP contribution in [0.3, 0.4) is 0 Å². The first kappa shape index (κ1) is 18.2. The zero-order valence-corrected chi connectivity index (χ0v) is 14.8. The Morgan fingerprint density at radius 3 is 2.19 bits per heavy atom. The summed E-state index contributed by atoms with van der Waals surface area (Å²) in [6.45, 7) is 18.1. The molecule has 1 aliphatic heterocycles. The summed E-state index contributed by atoms with van der Waals surface area (Å²) >= 11 is 0. The molecule has 0 radical (unpaired) electrons. The van der Waals surface area contributed by atoms with Gasteiger partial charge >= 0.3 is 6.09 Å². The van der Waals surface area contributed by atoms with Gasteiger partial charge in [0.15, 0.2) is 0 Å². The van der Waals surface area contributed by atoms with E-state index in [-0.39, 0.29) is 6.09 Å². The highest BCUT2D eigenvalue weighted by Crippen LogP contribution is 2.15. The highest BCUT2D eigenvalue weighted by Gasteiger charge is 2.33. The number of rotatable bonds is 6. The Bertz CT molecular complexity index is 323. The van der Waals surface area contributed by atoms with Crippen LogP contribution in [0.1, 0.15) is 48.5 Å². The Kier molecular flexibility index (Phi) is 6.47. The average molecular weight is 299 g/mol. The molecule has 0 bridgehead atoms. The Hall–Kier alpha value is -0.810. The predicted molar refractivity (Wildman–Crippen MR) is 86.6 cm³/mol. The summed E-state index contributed by atoms with van der Waals surface area (Å²) in [5.41, 5.74) is -0.412. The van der Waals surface area contributed by atoms with Crippen molar-refractivity contribution in [2.45, 2.75) is 72.2 Å². The van der Waals surface area contributed by atoms with Crippen LogP contribution in [0, 0.1) is 0 Å². The number of nitrogens with zero attached hydrogens (tertiary/aromatic N) is 2. The molecule has 124 valence electrons. The highest BCUT2D eigenvalue weighted by atomic mass is 16.6. The third kappa shape index (κ3) is 6.22. The van der Waals surface area contributed by atoms with Gasteiger partial charge in [-0.1, -0.05) is 0 Å². The molecular weight excluding hydrogens is 266 g/mol. The van der Waals surface area contributed by atoms with Gasteiger partial charge in [-0.3, -0.25) is 4.90 Å². The van der Waals surface area contributed by atoms with E-state index in [9.17, 15) is 4.79 Å². The van der Waals surface area contributed by atoms with E-state index in [0.29, 0.717) is 18.1 Å². The van der Waals surface area contributed by atoms with Crippen molar-refractivity contribution in [3.63, 3.8) is 0 Å². The summed E-state index contributed by atoms with van der Waals surface area (Å²) in [6.07, 6.45) is -0.202. The van der Waals surface area contributed by atoms with Crippen molar-refractivity contribution < 1.29 is 9.53 Å². The van der Waals surface area contributed by atoms with Crippen molar-refractivity contribution in [1.82, 2.24) is 15.1 Å². The molecule has 1 N–H and O–H groups in total. The van der Waals surface area contributed by atoms with Crippen molar-refractivity contribution in [3.05, 3.63) is 0 Å². The molecule has 1 aliphatic rings. The summed E-state index contributed by atoms with van der Waals surface area (Å²) in [5.74, 6) is 0. The Balaban J connectivity index is 2.19. The first-order chi connectivity index (χ1) is 9.60. The second-order valence-electron chi connectivity index (χ2n) is 7.46. The van der Waals surface area contributed by atoms with E-state index >= 15 is 0 Å². The van der Waals surface area contributed by atoms with E-state index in [1.807, 2.05) is 20.8 Å². The fourth-order valence-corrected chi connectivity index (χ4v) is 2.59. The van der Waals surface area contributed by atoms with Crippen LogP contribution in [-0.4, -0.2) is 65.8 Å². The van der Waals surface area contributed by atoms with Gasteiger partial charge in [0.05, 0.1) is 0 Å². The van der Waals surface area contributed by atoms with Gasteiger partial charge in [0.2, 0.25) is 0 Å². The molecule has 0 atom stereocenters. The molecule has 0 unspecified atom stereocenters. The summed E-state index contributed by atoms with van der Waals surface area (Å²) in [6, 6.07) is 1.52. The minimum atomic E-state index is -0.412. The molecule has 5 nitrogen and oxygen atoms in total. The van der Waals surface area contributed by atoms with Crippen molar-refractivity contribution in [1.29, 1.82) is 0 Å². The first-order valence-electron chi connectivity index (χ1n) is 8.07. The van der Waals surface area contributed by atoms with E-state index < -0.39 is 5.60 Å². The number of carbonyl (C=O) groups excluding carboxylic acids is 1. The monoisotopic (exact) mass is 299 g/mol. The second-order valence-corrected chi connectivity index (χ2v) is 7.46. The predicted octanol–water partition coefficient (Wildman–Crippen LogP) is 2.31. The summed E-state index contributed by atoms with van der Waals surface area (Å²) < 4.78 is 5.35. The quantitative estimate of drug-likeness (QED) is 0.817. The average Bonchev–Trinajstić information content (AvgIpc) is 2.22. The lowest BCUT2D eigenvalue weighted by Crippen LogP contribution is -2.61. The summed E-state index contributed by atoms with van der Waals surface area (Å²) in [5, 5.41) is 3.52. The van der Waals surface area contributed by atoms with Gasteiger partial charge < -0.3 is 15.0 Å².